The van der Waals surface area contributed by atoms with Crippen LogP contribution in [-0.4, -0.2) is 36.4 Å². The molecule has 0 aromatic heterocycles. The van der Waals surface area contributed by atoms with E-state index in [1.54, 1.807) is 12.0 Å². The van der Waals surface area contributed by atoms with Gasteiger partial charge >= 0.3 is 0 Å². The maximum Gasteiger partial charge on any atom is 0.243 e. The minimum absolute atomic E-state index is 0.0435. The lowest BCUT2D eigenvalue weighted by atomic mass is 10.0. The Kier molecular flexibility index (Phi) is 7.86. The highest BCUT2D eigenvalue weighted by Gasteiger charge is 2.29. The largest absolute Gasteiger partial charge is 0.497 e. The minimum atomic E-state index is -0.554. The lowest BCUT2D eigenvalue weighted by Crippen LogP contribution is -2.50. The van der Waals surface area contributed by atoms with E-state index < -0.39 is 6.04 Å². The normalized spacial score (nSPS) is 11.5. The van der Waals surface area contributed by atoms with Crippen molar-refractivity contribution in [1.29, 1.82) is 0 Å². The molecular weight excluding hydrogens is 340 g/mol. The molecule has 5 heteroatoms. The maximum atomic E-state index is 12.8. The maximum absolute atomic E-state index is 12.8. The number of methoxy groups -OCH3 is 1. The summed E-state index contributed by atoms with van der Waals surface area (Å²) in [7, 11) is 1.62. The Hall–Kier alpha value is -2.82. The van der Waals surface area contributed by atoms with Crippen molar-refractivity contribution in [1.82, 2.24) is 10.2 Å². The second kappa shape index (κ2) is 10.4. The first-order chi connectivity index (χ1) is 13.1. The molecule has 0 bridgehead atoms. The molecule has 0 aliphatic rings. The fourth-order valence-electron chi connectivity index (χ4n) is 2.98. The van der Waals surface area contributed by atoms with E-state index in [9.17, 15) is 9.59 Å². The zero-order valence-electron chi connectivity index (χ0n) is 16.3. The van der Waals surface area contributed by atoms with Gasteiger partial charge in [-0.15, -0.1) is 0 Å². The highest BCUT2D eigenvalue weighted by molar-refractivity contribution is 5.87. The van der Waals surface area contributed by atoms with E-state index in [-0.39, 0.29) is 11.8 Å². The molecule has 0 radical (unpaired) electrons. The van der Waals surface area contributed by atoms with Crippen molar-refractivity contribution < 1.29 is 14.3 Å². The lowest BCUT2D eigenvalue weighted by Gasteiger charge is -2.31. The average molecular weight is 368 g/mol. The van der Waals surface area contributed by atoms with Gasteiger partial charge in [-0.2, -0.15) is 0 Å². The Balaban J connectivity index is 2.30. The molecule has 2 amide bonds. The molecule has 0 aliphatic carbocycles. The van der Waals surface area contributed by atoms with E-state index >= 15 is 0 Å². The van der Waals surface area contributed by atoms with Crippen molar-refractivity contribution in [2.45, 2.75) is 39.3 Å². The topological polar surface area (TPSA) is 58.6 Å². The Morgan fingerprint density at radius 2 is 1.67 bits per heavy atom. The molecule has 0 spiro atoms. The minimum Gasteiger partial charge on any atom is -0.497 e. The van der Waals surface area contributed by atoms with Crippen molar-refractivity contribution in [3.8, 4) is 5.75 Å². The number of ether oxygens (including phenoxy) is 1. The number of hydrogen-bond donors (Lipinski definition) is 1. The first-order valence-electron chi connectivity index (χ1n) is 9.33. The van der Waals surface area contributed by atoms with Crippen molar-refractivity contribution >= 4 is 11.8 Å². The monoisotopic (exact) mass is 368 g/mol. The number of amides is 2. The van der Waals surface area contributed by atoms with Gasteiger partial charge in [-0.1, -0.05) is 49.4 Å². The van der Waals surface area contributed by atoms with E-state index in [0.717, 1.165) is 16.9 Å². The van der Waals surface area contributed by atoms with Crippen LogP contribution in [0.2, 0.25) is 0 Å². The van der Waals surface area contributed by atoms with E-state index in [1.165, 1.54) is 0 Å². The van der Waals surface area contributed by atoms with Gasteiger partial charge in [0, 0.05) is 25.9 Å². The summed E-state index contributed by atoms with van der Waals surface area (Å²) in [5, 5.41) is 2.88. The Bertz CT molecular complexity index is 729. The van der Waals surface area contributed by atoms with Crippen LogP contribution < -0.4 is 10.1 Å². The number of nitrogens with zero attached hydrogens (tertiary/aromatic N) is 1. The second-order valence-electron chi connectivity index (χ2n) is 6.32. The fraction of sp³-hybridized carbons (Fsp3) is 0.364. The van der Waals surface area contributed by atoms with Crippen LogP contribution in [0, 0.1) is 0 Å². The zero-order valence-corrected chi connectivity index (χ0v) is 16.3. The zero-order chi connectivity index (χ0) is 19.6. The van der Waals surface area contributed by atoms with Crippen molar-refractivity contribution in [2.75, 3.05) is 13.7 Å². The summed E-state index contributed by atoms with van der Waals surface area (Å²) in [5.41, 5.74) is 1.98. The first kappa shape index (κ1) is 20.5. The summed E-state index contributed by atoms with van der Waals surface area (Å²) in [6.45, 7) is 4.61. The predicted molar refractivity (Wildman–Crippen MR) is 106 cm³/mol. The number of likely N-dealkylation sites (N-methyl/N-ethyl adjacent to an activating group) is 1. The highest BCUT2D eigenvalue weighted by atomic mass is 16.5. The smallest absolute Gasteiger partial charge is 0.243 e. The molecular formula is C22H28N2O3. The first-order valence-corrected chi connectivity index (χ1v) is 9.33. The van der Waals surface area contributed by atoms with Crippen LogP contribution in [0.1, 0.15) is 31.4 Å². The molecule has 144 valence electrons. The number of carbonyl (C=O) groups excluding carboxylic acids is 2. The van der Waals surface area contributed by atoms with E-state index in [4.69, 9.17) is 4.74 Å². The molecule has 2 aromatic carbocycles. The third kappa shape index (κ3) is 5.84. The van der Waals surface area contributed by atoms with Gasteiger partial charge in [0.15, 0.2) is 0 Å². The number of hydrogen-bond acceptors (Lipinski definition) is 3. The average Bonchev–Trinajstić information content (AvgIpc) is 2.71. The molecule has 2 rings (SSSR count). The van der Waals surface area contributed by atoms with Crippen LogP contribution in [0.4, 0.5) is 0 Å². The molecule has 0 fully saturated rings. The highest BCUT2D eigenvalue weighted by Crippen LogP contribution is 2.18. The van der Waals surface area contributed by atoms with Crippen molar-refractivity contribution in [3.63, 3.8) is 0 Å². The fourth-order valence-corrected chi connectivity index (χ4v) is 2.98. The molecule has 1 N–H and O–H groups in total. The Morgan fingerprint density at radius 3 is 2.22 bits per heavy atom. The van der Waals surface area contributed by atoms with Gasteiger partial charge in [-0.05, 0) is 30.2 Å². The van der Waals surface area contributed by atoms with Gasteiger partial charge < -0.3 is 15.0 Å². The van der Waals surface area contributed by atoms with E-state index in [2.05, 4.69) is 5.32 Å². The summed E-state index contributed by atoms with van der Waals surface area (Å²) in [6.07, 6.45) is 0.829. The molecule has 0 unspecified atom stereocenters. The number of rotatable bonds is 9. The van der Waals surface area contributed by atoms with Crippen LogP contribution in [0.15, 0.2) is 54.6 Å². The third-order valence-electron chi connectivity index (χ3n) is 4.44. The van der Waals surface area contributed by atoms with E-state index in [0.29, 0.717) is 25.9 Å². The van der Waals surface area contributed by atoms with Gasteiger partial charge in [0.05, 0.1) is 7.11 Å². The summed E-state index contributed by atoms with van der Waals surface area (Å²) in [5.74, 6) is 0.589. The molecule has 0 saturated carbocycles. The Labute approximate surface area is 161 Å². The lowest BCUT2D eigenvalue weighted by molar-refractivity contribution is -0.141. The number of nitrogens with one attached hydrogen (secondary N) is 1. The summed E-state index contributed by atoms with van der Waals surface area (Å²) in [4.78, 5) is 27.2. The standard InChI is InChI=1S/C22H28N2O3/c1-4-21(25)24(16-18-11-13-19(27-3)14-12-18)20(22(26)23-5-2)15-17-9-7-6-8-10-17/h6-14,20H,4-5,15-16H2,1-3H3,(H,23,26)/t20-/m1/s1. The van der Waals surface area contributed by atoms with Gasteiger partial charge in [-0.25, -0.2) is 0 Å². The van der Waals surface area contributed by atoms with Gasteiger partial charge in [0.1, 0.15) is 11.8 Å². The van der Waals surface area contributed by atoms with Crippen LogP contribution in [0.25, 0.3) is 0 Å². The Morgan fingerprint density at radius 1 is 1.00 bits per heavy atom. The SMILES string of the molecule is CCNC(=O)[C@@H](Cc1ccccc1)N(Cc1ccc(OC)cc1)C(=O)CC. The van der Waals surface area contributed by atoms with Crippen LogP contribution >= 0.6 is 0 Å². The van der Waals surface area contributed by atoms with Gasteiger partial charge in [-0.3, -0.25) is 9.59 Å². The van der Waals surface area contributed by atoms with Crippen LogP contribution in [-0.2, 0) is 22.6 Å². The quantitative estimate of drug-likeness (QED) is 0.740. The summed E-state index contributed by atoms with van der Waals surface area (Å²) in [6, 6.07) is 16.8. The van der Waals surface area contributed by atoms with Crippen molar-refractivity contribution in [2.24, 2.45) is 0 Å². The predicted octanol–water partition coefficient (Wildman–Crippen LogP) is 3.18. The molecule has 1 atom stereocenters. The van der Waals surface area contributed by atoms with Crippen LogP contribution in [0.5, 0.6) is 5.75 Å². The van der Waals surface area contributed by atoms with Crippen LogP contribution in [0.3, 0.4) is 0 Å². The molecule has 2 aromatic rings. The third-order valence-corrected chi connectivity index (χ3v) is 4.44. The summed E-state index contributed by atoms with van der Waals surface area (Å²) < 4.78 is 5.19. The van der Waals surface area contributed by atoms with Gasteiger partial charge in [0.2, 0.25) is 11.8 Å². The molecule has 27 heavy (non-hydrogen) atoms. The molecule has 0 saturated heterocycles. The van der Waals surface area contributed by atoms with Gasteiger partial charge in [0.25, 0.3) is 0 Å². The molecule has 0 heterocycles. The van der Waals surface area contributed by atoms with E-state index in [1.807, 2.05) is 68.4 Å². The second-order valence-corrected chi connectivity index (χ2v) is 6.32. The molecule has 0 aliphatic heterocycles. The van der Waals surface area contributed by atoms with Crippen molar-refractivity contribution in [3.05, 3.63) is 65.7 Å². The summed E-state index contributed by atoms with van der Waals surface area (Å²) >= 11 is 0. The molecule has 5 nitrogen and oxygen atoms in total. The number of carbonyl (C=O) groups is 2. The number of benzene rings is 2.